The standard InChI is InChI=1S/C23H29N5O2/c1-23(2,30)15-28-8-6-16(7-9-28)22(29)12-20-11-18-10-17(4-5-21(18)26-25-20)19-13-24-27(3)14-19/h4-5,10-11,13-14,16,30H,6-9,12,15H2,1-3H3. The predicted octanol–water partition coefficient (Wildman–Crippen LogP) is 2.62. The minimum Gasteiger partial charge on any atom is -0.389 e. The monoisotopic (exact) mass is 407 g/mol. The first-order valence-electron chi connectivity index (χ1n) is 10.5. The van der Waals surface area contributed by atoms with Crippen LogP contribution < -0.4 is 0 Å². The number of ketones is 1. The Hall–Kier alpha value is -2.64. The number of hydrogen-bond acceptors (Lipinski definition) is 6. The average Bonchev–Trinajstić information content (AvgIpc) is 3.13. The van der Waals surface area contributed by atoms with Crippen molar-refractivity contribution in [1.82, 2.24) is 24.9 Å². The van der Waals surface area contributed by atoms with Crippen molar-refractivity contribution in [3.63, 3.8) is 0 Å². The van der Waals surface area contributed by atoms with Crippen LogP contribution in [0.15, 0.2) is 36.7 Å². The molecule has 1 aliphatic heterocycles. The third kappa shape index (κ3) is 4.91. The molecule has 0 amide bonds. The van der Waals surface area contributed by atoms with Crippen molar-refractivity contribution in [2.45, 2.75) is 38.7 Å². The van der Waals surface area contributed by atoms with Crippen molar-refractivity contribution in [3.05, 3.63) is 42.4 Å². The molecular formula is C23H29N5O2. The maximum absolute atomic E-state index is 12.8. The van der Waals surface area contributed by atoms with Crippen molar-refractivity contribution >= 4 is 16.7 Å². The summed E-state index contributed by atoms with van der Waals surface area (Å²) in [6.07, 6.45) is 5.80. The Morgan fingerprint density at radius 1 is 1.17 bits per heavy atom. The minimum atomic E-state index is -0.702. The molecule has 0 atom stereocenters. The number of nitrogens with zero attached hydrogens (tertiary/aromatic N) is 5. The largest absolute Gasteiger partial charge is 0.389 e. The molecule has 1 fully saturated rings. The van der Waals surface area contributed by atoms with E-state index in [2.05, 4.69) is 26.3 Å². The molecule has 7 heteroatoms. The molecule has 7 nitrogen and oxygen atoms in total. The van der Waals surface area contributed by atoms with E-state index in [4.69, 9.17) is 0 Å². The van der Waals surface area contributed by atoms with Crippen LogP contribution in [0.3, 0.4) is 0 Å². The highest BCUT2D eigenvalue weighted by molar-refractivity contribution is 5.86. The van der Waals surface area contributed by atoms with Crippen LogP contribution in [0.5, 0.6) is 0 Å². The summed E-state index contributed by atoms with van der Waals surface area (Å²) in [5, 5.41) is 23.8. The average molecular weight is 408 g/mol. The van der Waals surface area contributed by atoms with Gasteiger partial charge in [-0.2, -0.15) is 15.3 Å². The molecule has 4 rings (SSSR count). The second-order valence-electron chi connectivity index (χ2n) is 9.02. The van der Waals surface area contributed by atoms with E-state index < -0.39 is 5.60 Å². The molecule has 0 spiro atoms. The number of aromatic nitrogens is 4. The number of β-amino-alcohol motifs (C(OH)–C–C–N with tert-alkyl or cyclic N) is 1. The van der Waals surface area contributed by atoms with Gasteiger partial charge in [-0.3, -0.25) is 9.48 Å². The molecule has 1 aromatic carbocycles. The lowest BCUT2D eigenvalue weighted by Gasteiger charge is -2.34. The van der Waals surface area contributed by atoms with Crippen LogP contribution in [0.1, 0.15) is 32.4 Å². The highest BCUT2D eigenvalue weighted by Gasteiger charge is 2.27. The Labute approximate surface area is 176 Å². The number of Topliss-reactive ketones (excluding diaryl/α,β-unsaturated/α-hetero) is 1. The first-order valence-corrected chi connectivity index (χ1v) is 10.5. The van der Waals surface area contributed by atoms with Gasteiger partial charge in [0.05, 0.1) is 29.4 Å². The van der Waals surface area contributed by atoms with E-state index in [0.29, 0.717) is 13.0 Å². The number of carbonyl (C=O) groups excluding carboxylic acids is 1. The van der Waals surface area contributed by atoms with Gasteiger partial charge in [-0.1, -0.05) is 6.07 Å². The van der Waals surface area contributed by atoms with Gasteiger partial charge in [0.1, 0.15) is 5.78 Å². The van der Waals surface area contributed by atoms with Crippen LogP contribution in [0.25, 0.3) is 22.0 Å². The summed E-state index contributed by atoms with van der Waals surface area (Å²) < 4.78 is 1.78. The van der Waals surface area contributed by atoms with Gasteiger partial charge < -0.3 is 10.0 Å². The highest BCUT2D eigenvalue weighted by atomic mass is 16.3. The lowest BCUT2D eigenvalue weighted by atomic mass is 9.89. The van der Waals surface area contributed by atoms with Crippen LogP contribution in [-0.2, 0) is 18.3 Å². The predicted molar refractivity (Wildman–Crippen MR) is 116 cm³/mol. The van der Waals surface area contributed by atoms with Crippen molar-refractivity contribution in [3.8, 4) is 11.1 Å². The number of piperidine rings is 1. The Bertz CT molecular complexity index is 1050. The quantitative estimate of drug-likeness (QED) is 0.676. The topological polar surface area (TPSA) is 84.1 Å². The lowest BCUT2D eigenvalue weighted by Crippen LogP contribution is -2.44. The van der Waals surface area contributed by atoms with Gasteiger partial charge in [0, 0.05) is 36.7 Å². The van der Waals surface area contributed by atoms with Crippen LogP contribution in [0.4, 0.5) is 0 Å². The number of fused-ring (bicyclic) bond motifs is 1. The Morgan fingerprint density at radius 2 is 1.93 bits per heavy atom. The number of aryl methyl sites for hydroxylation is 1. The molecule has 158 valence electrons. The van der Waals surface area contributed by atoms with E-state index in [1.54, 1.807) is 4.68 Å². The molecular weight excluding hydrogens is 378 g/mol. The van der Waals surface area contributed by atoms with E-state index in [1.165, 1.54) is 0 Å². The maximum atomic E-state index is 12.8. The van der Waals surface area contributed by atoms with Gasteiger partial charge in [-0.05, 0) is 63.5 Å². The zero-order valence-corrected chi connectivity index (χ0v) is 17.9. The normalized spacial score (nSPS) is 16.3. The van der Waals surface area contributed by atoms with Gasteiger partial charge in [-0.25, -0.2) is 0 Å². The molecule has 0 saturated carbocycles. The number of hydrogen-bond donors (Lipinski definition) is 1. The molecule has 0 radical (unpaired) electrons. The number of carbonyl (C=O) groups is 1. The number of aliphatic hydroxyl groups is 1. The lowest BCUT2D eigenvalue weighted by molar-refractivity contribution is -0.123. The van der Waals surface area contributed by atoms with E-state index >= 15 is 0 Å². The third-order valence-corrected chi connectivity index (χ3v) is 5.68. The fraction of sp³-hybridized carbons (Fsp3) is 0.478. The van der Waals surface area contributed by atoms with E-state index in [1.807, 2.05) is 51.5 Å². The van der Waals surface area contributed by atoms with Crippen molar-refractivity contribution < 1.29 is 9.90 Å². The number of benzene rings is 1. The Morgan fingerprint density at radius 3 is 2.60 bits per heavy atom. The minimum absolute atomic E-state index is 0.0577. The van der Waals surface area contributed by atoms with E-state index in [-0.39, 0.29) is 11.7 Å². The number of likely N-dealkylation sites (tertiary alicyclic amines) is 1. The smallest absolute Gasteiger partial charge is 0.142 e. The van der Waals surface area contributed by atoms with Crippen molar-refractivity contribution in [1.29, 1.82) is 0 Å². The van der Waals surface area contributed by atoms with Crippen LogP contribution in [-0.4, -0.2) is 61.0 Å². The van der Waals surface area contributed by atoms with Crippen LogP contribution in [0.2, 0.25) is 0 Å². The second-order valence-corrected chi connectivity index (χ2v) is 9.02. The van der Waals surface area contributed by atoms with Crippen molar-refractivity contribution in [2.75, 3.05) is 19.6 Å². The van der Waals surface area contributed by atoms with Crippen LogP contribution >= 0.6 is 0 Å². The fourth-order valence-electron chi connectivity index (χ4n) is 4.21. The molecule has 1 N–H and O–H groups in total. The molecule has 30 heavy (non-hydrogen) atoms. The SMILES string of the molecule is Cn1cc(-c2ccc3nnc(CC(=O)C4CCN(CC(C)(C)O)CC4)cc3c2)cn1. The van der Waals surface area contributed by atoms with E-state index in [9.17, 15) is 9.90 Å². The molecule has 0 bridgehead atoms. The van der Waals surface area contributed by atoms with Crippen LogP contribution in [0, 0.1) is 5.92 Å². The molecule has 0 aliphatic carbocycles. The van der Waals surface area contributed by atoms with Gasteiger partial charge >= 0.3 is 0 Å². The van der Waals surface area contributed by atoms with Gasteiger partial charge in [-0.15, -0.1) is 0 Å². The summed E-state index contributed by atoms with van der Waals surface area (Å²) in [4.78, 5) is 15.1. The summed E-state index contributed by atoms with van der Waals surface area (Å²) in [7, 11) is 1.90. The number of rotatable bonds is 6. The third-order valence-electron chi connectivity index (χ3n) is 5.68. The first kappa shape index (κ1) is 20.6. The zero-order valence-electron chi connectivity index (χ0n) is 17.9. The Balaban J connectivity index is 1.43. The molecule has 3 aromatic rings. The molecule has 1 saturated heterocycles. The summed E-state index contributed by atoms with van der Waals surface area (Å²) in [6, 6.07) is 8.02. The first-order chi connectivity index (χ1) is 14.3. The summed E-state index contributed by atoms with van der Waals surface area (Å²) >= 11 is 0. The van der Waals surface area contributed by atoms with Gasteiger partial charge in [0.15, 0.2) is 0 Å². The molecule has 3 heterocycles. The van der Waals surface area contributed by atoms with Gasteiger partial charge in [0.25, 0.3) is 0 Å². The summed E-state index contributed by atoms with van der Waals surface area (Å²) in [6.45, 7) is 5.98. The maximum Gasteiger partial charge on any atom is 0.142 e. The Kier molecular flexibility index (Phi) is 5.66. The summed E-state index contributed by atoms with van der Waals surface area (Å²) in [5.74, 6) is 0.289. The molecule has 1 aliphatic rings. The zero-order chi connectivity index (χ0) is 21.3. The van der Waals surface area contributed by atoms with Crippen molar-refractivity contribution in [2.24, 2.45) is 13.0 Å². The molecule has 0 unspecified atom stereocenters. The molecule has 2 aromatic heterocycles. The second kappa shape index (κ2) is 8.24. The summed E-state index contributed by atoms with van der Waals surface area (Å²) in [5.41, 5.74) is 2.95. The van der Waals surface area contributed by atoms with Gasteiger partial charge in [0.2, 0.25) is 0 Å². The fourth-order valence-corrected chi connectivity index (χ4v) is 4.21. The highest BCUT2D eigenvalue weighted by Crippen LogP contribution is 2.25. The van der Waals surface area contributed by atoms with E-state index in [0.717, 1.165) is 53.7 Å².